The van der Waals surface area contributed by atoms with E-state index in [1.165, 1.54) is 5.56 Å². The topological polar surface area (TPSA) is 0 Å². The fraction of sp³-hybridized carbons (Fsp3) is 0.143. The van der Waals surface area contributed by atoms with Crippen molar-refractivity contribution in [3.63, 3.8) is 0 Å². The van der Waals surface area contributed by atoms with E-state index in [2.05, 4.69) is 19.1 Å². The van der Waals surface area contributed by atoms with Gasteiger partial charge in [0.15, 0.2) is 0 Å². The summed E-state index contributed by atoms with van der Waals surface area (Å²) in [5.74, 6) is 0. The van der Waals surface area contributed by atoms with Crippen LogP contribution in [0.3, 0.4) is 0 Å². The molecule has 0 saturated carbocycles. The molecule has 46 valence electrons. The molecule has 0 aliphatic rings. The second kappa shape index (κ2) is 5.18. The zero-order valence-electron chi connectivity index (χ0n) is 5.13. The first-order chi connectivity index (χ1) is 2.89. The van der Waals surface area contributed by atoms with Gasteiger partial charge in [-0.1, -0.05) is 6.92 Å². The Kier molecular flexibility index (Phi) is 7.07. The van der Waals surface area contributed by atoms with E-state index >= 15 is 0 Å². The van der Waals surface area contributed by atoms with Crippen LogP contribution in [0.1, 0.15) is 5.56 Å². The van der Waals surface area contributed by atoms with E-state index < -0.39 is 0 Å². The average molecular weight is 289 g/mol. The number of hydrogen-bond donors (Lipinski definition) is 0. The molecular weight excluding hydrogens is 279 g/mol. The molecule has 1 heteroatoms. The molecule has 1 aromatic carbocycles. The van der Waals surface area contributed by atoms with Crippen LogP contribution in [-0.2, 0) is 21.1 Å². The van der Waals surface area contributed by atoms with Crippen molar-refractivity contribution < 1.29 is 21.1 Å². The maximum absolute atomic E-state index is 2.08. The molecule has 0 aromatic heterocycles. The van der Waals surface area contributed by atoms with Crippen LogP contribution >= 0.6 is 0 Å². The Bertz CT molecular complexity index is 108. The predicted octanol–water partition coefficient (Wildman–Crippen LogP) is 2.16. The van der Waals surface area contributed by atoms with E-state index in [1.54, 1.807) is 0 Å². The first-order valence-corrected chi connectivity index (χ1v) is 2.08. The zero-order valence-corrected chi connectivity index (χ0v) is 7.40. The van der Waals surface area contributed by atoms with Crippen molar-refractivity contribution in [2.24, 2.45) is 0 Å². The standard InChI is InChI=1S/C6H7.CH3.Pt/c1-6-4-2-3-5-6;;/h2-5H,1H3;1H3;/q2*-1;+4. The van der Waals surface area contributed by atoms with Crippen LogP contribution in [0.25, 0.3) is 0 Å². The van der Waals surface area contributed by atoms with Crippen LogP contribution < -0.4 is 0 Å². The normalized spacial score (nSPS) is 6.62. The van der Waals surface area contributed by atoms with Gasteiger partial charge in [-0.3, -0.25) is 0 Å². The average Bonchev–Trinajstić information content (AvgIpc) is 1.86. The maximum atomic E-state index is 2.08. The van der Waals surface area contributed by atoms with Crippen molar-refractivity contribution in [2.45, 2.75) is 6.92 Å². The molecule has 0 N–H and O–H groups in total. The molecular formula is C7H10Pt+2. The van der Waals surface area contributed by atoms with Crippen molar-refractivity contribution in [2.75, 3.05) is 0 Å². The number of rotatable bonds is 0. The summed E-state index contributed by atoms with van der Waals surface area (Å²) >= 11 is 0. The summed E-state index contributed by atoms with van der Waals surface area (Å²) in [5.41, 5.74) is 1.34. The Hall–Kier alpha value is 0.0383. The van der Waals surface area contributed by atoms with Crippen molar-refractivity contribution in [3.8, 4) is 0 Å². The van der Waals surface area contributed by atoms with Crippen LogP contribution in [0.4, 0.5) is 0 Å². The summed E-state index contributed by atoms with van der Waals surface area (Å²) in [5, 5.41) is 0. The van der Waals surface area contributed by atoms with Crippen LogP contribution in [0.5, 0.6) is 0 Å². The quantitative estimate of drug-likeness (QED) is 0.642. The van der Waals surface area contributed by atoms with E-state index in [-0.39, 0.29) is 28.5 Å². The molecule has 0 unspecified atom stereocenters. The van der Waals surface area contributed by atoms with Gasteiger partial charge in [0.2, 0.25) is 0 Å². The van der Waals surface area contributed by atoms with Gasteiger partial charge in [-0.2, -0.15) is 17.7 Å². The Balaban J connectivity index is 0. The van der Waals surface area contributed by atoms with Crippen LogP contribution in [-0.4, -0.2) is 0 Å². The zero-order chi connectivity index (χ0) is 4.41. The molecule has 1 aromatic rings. The summed E-state index contributed by atoms with van der Waals surface area (Å²) in [7, 11) is 0. The van der Waals surface area contributed by atoms with Crippen LogP contribution in [0.2, 0.25) is 0 Å². The van der Waals surface area contributed by atoms with E-state index in [1.807, 2.05) is 12.1 Å². The van der Waals surface area contributed by atoms with E-state index in [0.29, 0.717) is 0 Å². The molecule has 0 saturated heterocycles. The van der Waals surface area contributed by atoms with E-state index in [9.17, 15) is 0 Å². The summed E-state index contributed by atoms with van der Waals surface area (Å²) < 4.78 is 0. The van der Waals surface area contributed by atoms with Gasteiger partial charge in [0.25, 0.3) is 0 Å². The minimum absolute atomic E-state index is 0. The fourth-order valence-corrected chi connectivity index (χ4v) is 0.470. The fourth-order valence-electron chi connectivity index (χ4n) is 0.470. The minimum atomic E-state index is 0. The number of hydrogen-bond acceptors (Lipinski definition) is 0. The molecule has 0 atom stereocenters. The van der Waals surface area contributed by atoms with E-state index in [0.717, 1.165) is 0 Å². The van der Waals surface area contributed by atoms with Gasteiger partial charge in [-0.25, -0.2) is 12.1 Å². The first-order valence-electron chi connectivity index (χ1n) is 2.08. The minimum Gasteiger partial charge on any atom is -0.358 e. The summed E-state index contributed by atoms with van der Waals surface area (Å²) in [4.78, 5) is 0. The molecule has 1 rings (SSSR count). The number of aryl methyl sites for hydroxylation is 1. The Morgan fingerprint density at radius 1 is 1.12 bits per heavy atom. The SMILES string of the molecule is C[c-]1cccc1.[CH3-].[Pt+4]. The van der Waals surface area contributed by atoms with Gasteiger partial charge < -0.3 is 7.43 Å². The van der Waals surface area contributed by atoms with Crippen LogP contribution in [0, 0.1) is 14.4 Å². The van der Waals surface area contributed by atoms with Crippen molar-refractivity contribution in [1.29, 1.82) is 0 Å². The molecule has 0 spiro atoms. The maximum Gasteiger partial charge on any atom is 4.00 e. The second-order valence-electron chi connectivity index (χ2n) is 1.46. The molecule has 0 amide bonds. The van der Waals surface area contributed by atoms with Gasteiger partial charge in [0, 0.05) is 0 Å². The molecule has 0 fully saturated rings. The van der Waals surface area contributed by atoms with Gasteiger partial charge in [0.1, 0.15) is 0 Å². The molecule has 0 nitrogen and oxygen atoms in total. The molecule has 0 bridgehead atoms. The van der Waals surface area contributed by atoms with Gasteiger partial charge in [-0.15, -0.1) is 0 Å². The van der Waals surface area contributed by atoms with Crippen LogP contribution in [0.15, 0.2) is 24.3 Å². The Morgan fingerprint density at radius 2 is 1.50 bits per heavy atom. The third kappa shape index (κ3) is 3.09. The largest absolute Gasteiger partial charge is 4.00 e. The van der Waals surface area contributed by atoms with Gasteiger partial charge in [-0.05, 0) is 0 Å². The van der Waals surface area contributed by atoms with Crippen molar-refractivity contribution >= 4 is 0 Å². The first kappa shape index (κ1) is 10.9. The summed E-state index contributed by atoms with van der Waals surface area (Å²) in [6.07, 6.45) is 0. The third-order valence-corrected chi connectivity index (χ3v) is 0.829. The van der Waals surface area contributed by atoms with Gasteiger partial charge >= 0.3 is 21.1 Å². The molecule has 8 heavy (non-hydrogen) atoms. The monoisotopic (exact) mass is 289 g/mol. The van der Waals surface area contributed by atoms with Gasteiger partial charge in [0.05, 0.1) is 0 Å². The summed E-state index contributed by atoms with van der Waals surface area (Å²) in [6, 6.07) is 8.24. The van der Waals surface area contributed by atoms with Crippen molar-refractivity contribution in [3.05, 3.63) is 37.3 Å². The summed E-state index contributed by atoms with van der Waals surface area (Å²) in [6.45, 7) is 2.08. The molecule has 0 aliphatic heterocycles. The predicted molar refractivity (Wildman–Crippen MR) is 33.2 cm³/mol. The molecule has 0 aliphatic carbocycles. The Morgan fingerprint density at radius 3 is 1.62 bits per heavy atom. The van der Waals surface area contributed by atoms with E-state index in [4.69, 9.17) is 0 Å². The van der Waals surface area contributed by atoms with Crippen molar-refractivity contribution in [1.82, 2.24) is 0 Å². The second-order valence-corrected chi connectivity index (χ2v) is 1.46. The Labute approximate surface area is 65.5 Å². The molecule has 0 heterocycles. The third-order valence-electron chi connectivity index (χ3n) is 0.829. The smallest absolute Gasteiger partial charge is 0.358 e. The molecule has 0 radical (unpaired) electrons.